The predicted octanol–water partition coefficient (Wildman–Crippen LogP) is 3.53. The van der Waals surface area contributed by atoms with Gasteiger partial charge in [0.15, 0.2) is 0 Å². The number of hydrogen-bond acceptors (Lipinski definition) is 3. The molecule has 0 aliphatic carbocycles. The molecule has 1 aromatic heterocycles. The van der Waals surface area contributed by atoms with Gasteiger partial charge >= 0.3 is 6.18 Å². The van der Waals surface area contributed by atoms with E-state index in [0.29, 0.717) is 6.54 Å². The molecule has 2 nitrogen and oxygen atoms in total. The van der Waals surface area contributed by atoms with E-state index < -0.39 is 12.6 Å². The van der Waals surface area contributed by atoms with Gasteiger partial charge < -0.3 is 5.32 Å². The molecule has 0 aliphatic heterocycles. The Bertz CT molecular complexity index is 285. The zero-order valence-corrected chi connectivity index (χ0v) is 9.87. The third kappa shape index (κ3) is 4.94. The molecule has 1 unspecified atom stereocenters. The van der Waals surface area contributed by atoms with Crippen molar-refractivity contribution in [2.24, 2.45) is 0 Å². The molecule has 1 rings (SSSR count). The summed E-state index contributed by atoms with van der Waals surface area (Å²) in [5.41, 5.74) is 0. The SMILES string of the molecule is CCC(NCCCC(F)(F)F)c1nccs1. The van der Waals surface area contributed by atoms with Gasteiger partial charge in [0.1, 0.15) is 5.01 Å². The molecule has 0 fully saturated rings. The van der Waals surface area contributed by atoms with Crippen molar-refractivity contribution in [1.82, 2.24) is 10.3 Å². The Morgan fingerprint density at radius 1 is 1.50 bits per heavy atom. The second-order valence-corrected chi connectivity index (χ2v) is 4.43. The van der Waals surface area contributed by atoms with Gasteiger partial charge in [0.2, 0.25) is 0 Å². The zero-order valence-electron chi connectivity index (χ0n) is 9.05. The summed E-state index contributed by atoms with van der Waals surface area (Å²) in [6.45, 7) is 2.36. The lowest BCUT2D eigenvalue weighted by molar-refractivity contribution is -0.135. The van der Waals surface area contributed by atoms with Gasteiger partial charge in [0, 0.05) is 18.0 Å². The molecular weight excluding hydrogens is 237 g/mol. The Labute approximate surface area is 96.9 Å². The Morgan fingerprint density at radius 2 is 2.25 bits per heavy atom. The zero-order chi connectivity index (χ0) is 12.0. The molecular formula is C10H15F3N2S. The number of nitrogens with zero attached hydrogens (tertiary/aromatic N) is 1. The average Bonchev–Trinajstić information content (AvgIpc) is 2.69. The molecule has 16 heavy (non-hydrogen) atoms. The Balaban J connectivity index is 2.25. The van der Waals surface area contributed by atoms with Crippen LogP contribution in [-0.2, 0) is 0 Å². The summed E-state index contributed by atoms with van der Waals surface area (Å²) < 4.78 is 35.7. The second-order valence-electron chi connectivity index (χ2n) is 3.50. The molecule has 1 aromatic rings. The first-order valence-electron chi connectivity index (χ1n) is 5.22. The van der Waals surface area contributed by atoms with E-state index in [1.54, 1.807) is 6.20 Å². The molecule has 0 bridgehead atoms. The lowest BCUT2D eigenvalue weighted by atomic mass is 10.2. The van der Waals surface area contributed by atoms with E-state index in [4.69, 9.17) is 0 Å². The van der Waals surface area contributed by atoms with E-state index in [9.17, 15) is 13.2 Å². The number of rotatable bonds is 6. The molecule has 6 heteroatoms. The van der Waals surface area contributed by atoms with Gasteiger partial charge in [0.05, 0.1) is 6.04 Å². The van der Waals surface area contributed by atoms with E-state index >= 15 is 0 Å². The number of thiazole rings is 1. The van der Waals surface area contributed by atoms with Crippen molar-refractivity contribution in [3.05, 3.63) is 16.6 Å². The molecule has 1 heterocycles. The third-order valence-electron chi connectivity index (χ3n) is 2.19. The first-order valence-corrected chi connectivity index (χ1v) is 6.10. The number of aromatic nitrogens is 1. The maximum atomic E-state index is 11.9. The van der Waals surface area contributed by atoms with Crippen molar-refractivity contribution in [3.63, 3.8) is 0 Å². The van der Waals surface area contributed by atoms with Crippen LogP contribution < -0.4 is 5.32 Å². The molecule has 0 spiro atoms. The highest BCUT2D eigenvalue weighted by Crippen LogP contribution is 2.22. The molecule has 0 saturated heterocycles. The summed E-state index contributed by atoms with van der Waals surface area (Å²) in [6, 6.07) is 0.0771. The van der Waals surface area contributed by atoms with Crippen LogP contribution in [0, 0.1) is 0 Å². The minimum absolute atomic E-state index is 0.0771. The smallest absolute Gasteiger partial charge is 0.308 e. The molecule has 0 radical (unpaired) electrons. The highest BCUT2D eigenvalue weighted by molar-refractivity contribution is 7.09. The van der Waals surface area contributed by atoms with Gasteiger partial charge in [-0.05, 0) is 19.4 Å². The third-order valence-corrected chi connectivity index (χ3v) is 3.07. The van der Waals surface area contributed by atoms with E-state index in [-0.39, 0.29) is 12.5 Å². The molecule has 0 saturated carbocycles. The van der Waals surface area contributed by atoms with Crippen LogP contribution in [0.5, 0.6) is 0 Å². The maximum absolute atomic E-state index is 11.9. The van der Waals surface area contributed by atoms with Crippen molar-refractivity contribution in [2.75, 3.05) is 6.54 Å². The summed E-state index contributed by atoms with van der Waals surface area (Å²) in [6.07, 6.45) is -2.12. The van der Waals surface area contributed by atoms with Gasteiger partial charge in [-0.15, -0.1) is 11.3 Å². The normalized spacial score (nSPS) is 14.0. The van der Waals surface area contributed by atoms with Crippen LogP contribution in [0.3, 0.4) is 0 Å². The quantitative estimate of drug-likeness (QED) is 0.783. The largest absolute Gasteiger partial charge is 0.389 e. The maximum Gasteiger partial charge on any atom is 0.389 e. The van der Waals surface area contributed by atoms with Crippen molar-refractivity contribution in [2.45, 2.75) is 38.4 Å². The van der Waals surface area contributed by atoms with E-state index in [1.807, 2.05) is 12.3 Å². The van der Waals surface area contributed by atoms with Gasteiger partial charge in [-0.3, -0.25) is 0 Å². The van der Waals surface area contributed by atoms with Crippen molar-refractivity contribution >= 4 is 11.3 Å². The molecule has 1 atom stereocenters. The lowest BCUT2D eigenvalue weighted by Gasteiger charge is -2.14. The summed E-state index contributed by atoms with van der Waals surface area (Å²) in [4.78, 5) is 4.15. The van der Waals surface area contributed by atoms with Crippen molar-refractivity contribution in [3.8, 4) is 0 Å². The van der Waals surface area contributed by atoms with E-state index in [2.05, 4.69) is 10.3 Å². The van der Waals surface area contributed by atoms with Crippen LogP contribution in [0.1, 0.15) is 37.2 Å². The fourth-order valence-corrected chi connectivity index (χ4v) is 2.18. The van der Waals surface area contributed by atoms with Crippen LogP contribution >= 0.6 is 11.3 Å². The number of alkyl halides is 3. The highest BCUT2D eigenvalue weighted by Gasteiger charge is 2.26. The van der Waals surface area contributed by atoms with Crippen LogP contribution in [0.4, 0.5) is 13.2 Å². The van der Waals surface area contributed by atoms with Gasteiger partial charge in [0.25, 0.3) is 0 Å². The van der Waals surface area contributed by atoms with Gasteiger partial charge in [-0.25, -0.2) is 4.98 Å². The monoisotopic (exact) mass is 252 g/mol. The first-order chi connectivity index (χ1) is 7.53. The van der Waals surface area contributed by atoms with E-state index in [1.165, 1.54) is 11.3 Å². The molecule has 0 amide bonds. The van der Waals surface area contributed by atoms with Crippen LogP contribution in [-0.4, -0.2) is 17.7 Å². The Kier molecular flexibility index (Phi) is 5.21. The Hall–Kier alpha value is -0.620. The fourth-order valence-electron chi connectivity index (χ4n) is 1.38. The summed E-state index contributed by atoms with van der Waals surface area (Å²) in [5, 5.41) is 5.90. The minimum Gasteiger partial charge on any atom is -0.308 e. The summed E-state index contributed by atoms with van der Waals surface area (Å²) >= 11 is 1.52. The minimum atomic E-state index is -4.05. The van der Waals surface area contributed by atoms with E-state index in [0.717, 1.165) is 11.4 Å². The first kappa shape index (κ1) is 13.4. The number of halogens is 3. The van der Waals surface area contributed by atoms with Crippen LogP contribution in [0.2, 0.25) is 0 Å². The number of hydrogen-bond donors (Lipinski definition) is 1. The van der Waals surface area contributed by atoms with Crippen molar-refractivity contribution < 1.29 is 13.2 Å². The van der Waals surface area contributed by atoms with Crippen LogP contribution in [0.15, 0.2) is 11.6 Å². The van der Waals surface area contributed by atoms with Gasteiger partial charge in [-0.1, -0.05) is 6.92 Å². The predicted molar refractivity (Wildman–Crippen MR) is 58.4 cm³/mol. The standard InChI is InChI=1S/C10H15F3N2S/c1-2-8(9-15-6-7-16-9)14-5-3-4-10(11,12)13/h6-8,14H,2-5H2,1H3. The summed E-state index contributed by atoms with van der Waals surface area (Å²) in [5.74, 6) is 0. The lowest BCUT2D eigenvalue weighted by Crippen LogP contribution is -2.23. The Morgan fingerprint density at radius 3 is 2.75 bits per heavy atom. The average molecular weight is 252 g/mol. The van der Waals surface area contributed by atoms with Crippen molar-refractivity contribution in [1.29, 1.82) is 0 Å². The van der Waals surface area contributed by atoms with Crippen LogP contribution in [0.25, 0.3) is 0 Å². The highest BCUT2D eigenvalue weighted by atomic mass is 32.1. The number of nitrogens with one attached hydrogen (secondary N) is 1. The topological polar surface area (TPSA) is 24.9 Å². The fraction of sp³-hybridized carbons (Fsp3) is 0.700. The second kappa shape index (κ2) is 6.20. The van der Waals surface area contributed by atoms with Gasteiger partial charge in [-0.2, -0.15) is 13.2 Å². The molecule has 1 N–H and O–H groups in total. The summed E-state index contributed by atoms with van der Waals surface area (Å²) in [7, 11) is 0. The molecule has 0 aliphatic rings. The molecule has 92 valence electrons. The molecule has 0 aromatic carbocycles.